The molecule has 0 saturated carbocycles. The van der Waals surface area contributed by atoms with Gasteiger partial charge in [0, 0.05) is 25.7 Å². The van der Waals surface area contributed by atoms with Gasteiger partial charge in [0.25, 0.3) is 0 Å². The Morgan fingerprint density at radius 2 is 0.930 bits per heavy atom. The van der Waals surface area contributed by atoms with E-state index < -0.39 is 0 Å². The zero-order chi connectivity index (χ0) is 33.3. The summed E-state index contributed by atoms with van der Waals surface area (Å²) in [5.74, 6) is 0.540. The number of aliphatic hydroxyl groups is 1. The molecule has 0 aromatic carbocycles. The lowest BCUT2D eigenvalue weighted by Crippen LogP contribution is -2.22. The van der Waals surface area contributed by atoms with E-state index in [0.717, 1.165) is 0 Å². The predicted octanol–water partition coefficient (Wildman–Crippen LogP) is -0.340. The Kier molecular flexibility index (Phi) is 33.4. The van der Waals surface area contributed by atoms with Crippen molar-refractivity contribution in [2.45, 2.75) is 71.2 Å². The van der Waals surface area contributed by atoms with Gasteiger partial charge in [0.2, 0.25) is 0 Å². The Labute approximate surface area is 252 Å². The molecule has 0 aromatic heterocycles. The first kappa shape index (κ1) is 43.8. The summed E-state index contributed by atoms with van der Waals surface area (Å²) in [7, 11) is 0. The average Bonchev–Trinajstić information content (AvgIpc) is 3.01. The molecule has 0 bridgehead atoms. The summed E-state index contributed by atoms with van der Waals surface area (Å²) in [6, 6.07) is 1.98. The molecule has 19 nitrogen and oxygen atoms in total. The number of rotatable bonds is 22. The lowest BCUT2D eigenvalue weighted by Gasteiger charge is -2.12. The standard InChI is InChI=1S/C9H20N4O4.C9H17N3O3.C6H14N2O3/c1-7(17-5-3-9(11)13-15)6-16-4-2-8(10)12-14;1-8(7-14-5-2-4-10)15-6-3-9(11)12-13;1-5(4-9)11-3-2-6(7)8-10/h7,14-15H,2-6H2,1H3,(H2,10,12)(H2,11,13);8,13H,2-3,5-7H2,1H3,(H2,11,12);5,9-10H,2-4H2,1H3,(H2,7,8). The molecule has 0 rings (SSSR count). The molecule has 0 fully saturated rings. The van der Waals surface area contributed by atoms with Crippen LogP contribution in [0.5, 0.6) is 0 Å². The molecule has 0 heterocycles. The third-order valence-electron chi connectivity index (χ3n) is 4.62. The Bertz CT molecular complexity index is 811. The SMILES string of the molecule is CC(CO)OCC/C(N)=N/O.CC(COCC/C(N)=N\O)OCC/C(N)=N/O.CC(COCCC#N)OCC/C(N)=N/O. The molecule has 13 N–H and O–H groups in total. The second-order valence-electron chi connectivity index (χ2n) is 8.65. The topological polar surface area (TPSA) is 325 Å². The Hall–Kier alpha value is -3.67. The highest BCUT2D eigenvalue weighted by atomic mass is 16.5. The monoisotopic (exact) mass is 625 g/mol. The van der Waals surface area contributed by atoms with Gasteiger partial charge in [0.15, 0.2) is 0 Å². The van der Waals surface area contributed by atoms with Crippen LogP contribution in [0.3, 0.4) is 0 Å². The molecule has 0 saturated heterocycles. The van der Waals surface area contributed by atoms with E-state index in [2.05, 4.69) is 20.6 Å². The van der Waals surface area contributed by atoms with E-state index in [1.807, 2.05) is 19.9 Å². The lowest BCUT2D eigenvalue weighted by atomic mass is 10.4. The van der Waals surface area contributed by atoms with Crippen LogP contribution < -0.4 is 22.9 Å². The van der Waals surface area contributed by atoms with Crippen LogP contribution in [0.1, 0.15) is 52.9 Å². The number of hydrogen-bond donors (Lipinski definition) is 9. The maximum absolute atomic E-state index is 8.52. The van der Waals surface area contributed by atoms with E-state index in [9.17, 15) is 0 Å². The molecular formula is C24H51N9O10. The molecule has 19 heteroatoms. The highest BCUT2D eigenvalue weighted by Crippen LogP contribution is 1.96. The van der Waals surface area contributed by atoms with Gasteiger partial charge in [0.1, 0.15) is 23.3 Å². The lowest BCUT2D eigenvalue weighted by molar-refractivity contribution is -0.00271. The number of nitriles is 1. The van der Waals surface area contributed by atoms with Crippen molar-refractivity contribution in [3.8, 4) is 6.07 Å². The molecule has 0 aromatic rings. The number of ether oxygens (including phenoxy) is 5. The van der Waals surface area contributed by atoms with Crippen LogP contribution in [0.4, 0.5) is 0 Å². The minimum atomic E-state index is -0.193. The Morgan fingerprint density at radius 3 is 1.26 bits per heavy atom. The van der Waals surface area contributed by atoms with Crippen LogP contribution in [0.2, 0.25) is 0 Å². The minimum Gasteiger partial charge on any atom is -0.409 e. The highest BCUT2D eigenvalue weighted by Gasteiger charge is 2.04. The molecule has 252 valence electrons. The second-order valence-corrected chi connectivity index (χ2v) is 8.65. The molecule has 0 aliphatic carbocycles. The van der Waals surface area contributed by atoms with E-state index in [1.165, 1.54) is 0 Å². The maximum atomic E-state index is 8.52. The largest absolute Gasteiger partial charge is 0.409 e. The van der Waals surface area contributed by atoms with Crippen molar-refractivity contribution in [1.82, 2.24) is 0 Å². The van der Waals surface area contributed by atoms with Gasteiger partial charge >= 0.3 is 0 Å². The summed E-state index contributed by atoms with van der Waals surface area (Å²) >= 11 is 0. The predicted molar refractivity (Wildman–Crippen MR) is 157 cm³/mol. The van der Waals surface area contributed by atoms with Crippen molar-refractivity contribution >= 4 is 23.3 Å². The molecular weight excluding hydrogens is 574 g/mol. The van der Waals surface area contributed by atoms with Gasteiger partial charge in [0.05, 0.1) is 83.7 Å². The summed E-state index contributed by atoms with van der Waals surface area (Å²) in [4.78, 5) is 0. The normalized spacial score (nSPS) is 14.4. The summed E-state index contributed by atoms with van der Waals surface area (Å²) in [5, 5.41) is 60.9. The number of nitrogens with two attached hydrogens (primary N) is 4. The molecule has 0 amide bonds. The first-order chi connectivity index (χ1) is 20.5. The van der Waals surface area contributed by atoms with Crippen LogP contribution in [0.25, 0.3) is 0 Å². The van der Waals surface area contributed by atoms with Crippen LogP contribution in [-0.4, -0.2) is 120 Å². The third kappa shape index (κ3) is 36.3. The number of hydrogen-bond acceptors (Lipinski definition) is 15. The summed E-state index contributed by atoms with van der Waals surface area (Å²) < 4.78 is 26.1. The maximum Gasteiger partial charge on any atom is 0.141 e. The van der Waals surface area contributed by atoms with Crippen molar-refractivity contribution in [3.05, 3.63) is 0 Å². The third-order valence-corrected chi connectivity index (χ3v) is 4.62. The molecule has 0 aliphatic heterocycles. The van der Waals surface area contributed by atoms with E-state index >= 15 is 0 Å². The highest BCUT2D eigenvalue weighted by molar-refractivity contribution is 5.80. The van der Waals surface area contributed by atoms with Crippen LogP contribution in [0, 0.1) is 11.3 Å². The van der Waals surface area contributed by atoms with E-state index in [1.54, 1.807) is 6.92 Å². The fourth-order valence-electron chi connectivity index (χ4n) is 2.24. The van der Waals surface area contributed by atoms with Gasteiger partial charge in [-0.05, 0) is 20.8 Å². The van der Waals surface area contributed by atoms with E-state index in [0.29, 0.717) is 78.4 Å². The van der Waals surface area contributed by atoms with Gasteiger partial charge in [-0.15, -0.1) is 0 Å². The van der Waals surface area contributed by atoms with E-state index in [4.69, 9.17) is 77.8 Å². The van der Waals surface area contributed by atoms with Crippen molar-refractivity contribution in [3.63, 3.8) is 0 Å². The smallest absolute Gasteiger partial charge is 0.141 e. The summed E-state index contributed by atoms with van der Waals surface area (Å²) in [6.07, 6.45) is 1.53. The Morgan fingerprint density at radius 1 is 0.605 bits per heavy atom. The molecule has 0 radical (unpaired) electrons. The number of aliphatic hydroxyl groups excluding tert-OH is 1. The fourth-order valence-corrected chi connectivity index (χ4v) is 2.24. The van der Waals surface area contributed by atoms with Gasteiger partial charge in [-0.3, -0.25) is 0 Å². The van der Waals surface area contributed by atoms with Gasteiger partial charge in [-0.1, -0.05) is 20.6 Å². The first-order valence-electron chi connectivity index (χ1n) is 13.3. The van der Waals surface area contributed by atoms with E-state index in [-0.39, 0.29) is 48.3 Å². The summed E-state index contributed by atoms with van der Waals surface area (Å²) in [6.45, 7) is 8.16. The van der Waals surface area contributed by atoms with Gasteiger partial charge < -0.3 is 72.6 Å². The summed E-state index contributed by atoms with van der Waals surface area (Å²) in [5.41, 5.74) is 20.9. The van der Waals surface area contributed by atoms with Gasteiger partial charge in [-0.2, -0.15) is 5.26 Å². The van der Waals surface area contributed by atoms with Crippen LogP contribution in [0.15, 0.2) is 20.6 Å². The molecule has 43 heavy (non-hydrogen) atoms. The van der Waals surface area contributed by atoms with Crippen molar-refractivity contribution in [2.24, 2.45) is 43.6 Å². The van der Waals surface area contributed by atoms with Crippen molar-refractivity contribution in [2.75, 3.05) is 52.9 Å². The molecule has 0 aliphatic rings. The molecule has 0 spiro atoms. The number of oxime groups is 4. The number of nitrogens with zero attached hydrogens (tertiary/aromatic N) is 5. The van der Waals surface area contributed by atoms with Gasteiger partial charge in [-0.25, -0.2) is 0 Å². The van der Waals surface area contributed by atoms with Crippen LogP contribution in [-0.2, 0) is 23.7 Å². The van der Waals surface area contributed by atoms with Crippen molar-refractivity contribution in [1.29, 1.82) is 5.26 Å². The minimum absolute atomic E-state index is 0.0177. The number of amidine groups is 4. The fraction of sp³-hybridized carbons (Fsp3) is 0.792. The quantitative estimate of drug-likeness (QED) is 0.0244. The zero-order valence-corrected chi connectivity index (χ0v) is 25.2. The van der Waals surface area contributed by atoms with Crippen molar-refractivity contribution < 1.29 is 49.6 Å². The first-order valence-corrected chi connectivity index (χ1v) is 13.3. The van der Waals surface area contributed by atoms with Crippen LogP contribution >= 0.6 is 0 Å². The Balaban J connectivity index is -0.000000571. The second kappa shape index (κ2) is 32.8. The average molecular weight is 626 g/mol. The molecule has 3 atom stereocenters. The molecule has 3 unspecified atom stereocenters. The zero-order valence-electron chi connectivity index (χ0n) is 25.2.